The van der Waals surface area contributed by atoms with Crippen LogP contribution in [0.1, 0.15) is 41.8 Å². The summed E-state index contributed by atoms with van der Waals surface area (Å²) in [6.07, 6.45) is 5.20. The van der Waals surface area contributed by atoms with E-state index < -0.39 is 0 Å². The largest absolute Gasteiger partial charge is 0.459 e. The molecule has 4 rings (SSSR count). The quantitative estimate of drug-likeness (QED) is 0.665. The average molecular weight is 399 g/mol. The zero-order valence-electron chi connectivity index (χ0n) is 16.8. The van der Waals surface area contributed by atoms with Gasteiger partial charge in [-0.05, 0) is 37.0 Å². The molecule has 2 aromatic rings. The standard InChI is InChI=1S/C23H29NO5/c25-22(21-7-4-13-28-21)24-11-9-23(10-12-24)17-20(8-14-29-23)27-16-15-26-18-19-5-2-1-3-6-19/h1-7,13,20H,8-12,14-18H2. The maximum absolute atomic E-state index is 12.5. The van der Waals surface area contributed by atoms with Gasteiger partial charge in [-0.2, -0.15) is 0 Å². The highest BCUT2D eigenvalue weighted by atomic mass is 16.5. The van der Waals surface area contributed by atoms with Gasteiger partial charge < -0.3 is 23.5 Å². The number of carbonyl (C=O) groups is 1. The SMILES string of the molecule is O=C(c1ccco1)N1CCC2(CC1)CC(OCCOCc1ccccc1)CCO2. The molecule has 0 N–H and O–H groups in total. The molecular formula is C23H29NO5. The van der Waals surface area contributed by atoms with E-state index in [9.17, 15) is 4.79 Å². The number of furan rings is 1. The third-order valence-electron chi connectivity index (χ3n) is 5.83. The van der Waals surface area contributed by atoms with Gasteiger partial charge in [0, 0.05) is 26.1 Å². The number of likely N-dealkylation sites (tertiary alicyclic amines) is 1. The molecule has 6 nitrogen and oxygen atoms in total. The topological polar surface area (TPSA) is 61.1 Å². The van der Waals surface area contributed by atoms with Gasteiger partial charge in [0.15, 0.2) is 5.76 Å². The maximum atomic E-state index is 12.5. The van der Waals surface area contributed by atoms with E-state index >= 15 is 0 Å². The molecule has 2 saturated heterocycles. The number of hydrogen-bond acceptors (Lipinski definition) is 5. The van der Waals surface area contributed by atoms with Gasteiger partial charge >= 0.3 is 0 Å². The Labute approximate surface area is 171 Å². The van der Waals surface area contributed by atoms with Crippen molar-refractivity contribution in [3.05, 3.63) is 60.1 Å². The van der Waals surface area contributed by atoms with Gasteiger partial charge in [-0.15, -0.1) is 0 Å². The van der Waals surface area contributed by atoms with Crippen molar-refractivity contribution in [1.29, 1.82) is 0 Å². The predicted octanol–water partition coefficient (Wildman–Crippen LogP) is 3.67. The zero-order valence-corrected chi connectivity index (χ0v) is 16.8. The summed E-state index contributed by atoms with van der Waals surface area (Å²) in [4.78, 5) is 14.3. The summed E-state index contributed by atoms with van der Waals surface area (Å²) in [5.74, 6) is 0.367. The van der Waals surface area contributed by atoms with E-state index in [1.54, 1.807) is 12.1 Å². The number of amides is 1. The second-order valence-corrected chi connectivity index (χ2v) is 7.82. The monoisotopic (exact) mass is 399 g/mol. The minimum atomic E-state index is -0.173. The summed E-state index contributed by atoms with van der Waals surface area (Å²) in [5, 5.41) is 0. The van der Waals surface area contributed by atoms with Crippen LogP contribution in [0.2, 0.25) is 0 Å². The summed E-state index contributed by atoms with van der Waals surface area (Å²) in [5.41, 5.74) is 1.00. The molecule has 0 radical (unpaired) electrons. The van der Waals surface area contributed by atoms with Gasteiger partial charge in [0.2, 0.25) is 0 Å². The molecule has 6 heteroatoms. The lowest BCUT2D eigenvalue weighted by Crippen LogP contribution is -2.52. The van der Waals surface area contributed by atoms with Crippen LogP contribution in [-0.4, -0.2) is 55.4 Å². The normalized spacial score (nSPS) is 21.4. The third-order valence-corrected chi connectivity index (χ3v) is 5.83. The highest BCUT2D eigenvalue weighted by Crippen LogP contribution is 2.36. The van der Waals surface area contributed by atoms with Crippen molar-refractivity contribution >= 4 is 5.91 Å². The molecule has 2 aliphatic heterocycles. The van der Waals surface area contributed by atoms with Gasteiger partial charge in [-0.1, -0.05) is 30.3 Å². The fourth-order valence-corrected chi connectivity index (χ4v) is 4.18. The highest BCUT2D eigenvalue weighted by Gasteiger charge is 2.41. The molecule has 1 aromatic carbocycles. The Morgan fingerprint density at radius 2 is 1.93 bits per heavy atom. The molecule has 1 spiro atoms. The van der Waals surface area contributed by atoms with Crippen LogP contribution in [0.15, 0.2) is 53.1 Å². The lowest BCUT2D eigenvalue weighted by atomic mass is 9.83. The number of carbonyl (C=O) groups excluding carboxylic acids is 1. The van der Waals surface area contributed by atoms with Gasteiger partial charge in [-0.25, -0.2) is 0 Å². The van der Waals surface area contributed by atoms with Crippen LogP contribution in [0.5, 0.6) is 0 Å². The van der Waals surface area contributed by atoms with Crippen molar-refractivity contribution < 1.29 is 23.4 Å². The molecule has 1 amide bonds. The molecule has 29 heavy (non-hydrogen) atoms. The van der Waals surface area contributed by atoms with E-state index in [0.717, 1.165) is 25.7 Å². The number of benzene rings is 1. The zero-order chi connectivity index (χ0) is 19.9. The first-order valence-electron chi connectivity index (χ1n) is 10.4. The molecule has 3 heterocycles. The molecule has 1 atom stereocenters. The summed E-state index contributed by atoms with van der Waals surface area (Å²) < 4.78 is 23.2. The van der Waals surface area contributed by atoms with Crippen molar-refractivity contribution in [3.63, 3.8) is 0 Å². The summed E-state index contributed by atoms with van der Waals surface area (Å²) >= 11 is 0. The molecule has 2 aliphatic rings. The fraction of sp³-hybridized carbons (Fsp3) is 0.522. The first kappa shape index (κ1) is 20.1. The van der Waals surface area contributed by atoms with E-state index in [4.69, 9.17) is 18.6 Å². The first-order valence-corrected chi connectivity index (χ1v) is 10.4. The smallest absolute Gasteiger partial charge is 0.289 e. The van der Waals surface area contributed by atoms with E-state index in [-0.39, 0.29) is 17.6 Å². The number of nitrogens with zero attached hydrogens (tertiary/aromatic N) is 1. The summed E-state index contributed by atoms with van der Waals surface area (Å²) in [6, 6.07) is 13.6. The van der Waals surface area contributed by atoms with Crippen LogP contribution in [0.4, 0.5) is 0 Å². The van der Waals surface area contributed by atoms with Crippen LogP contribution in [0.25, 0.3) is 0 Å². The van der Waals surface area contributed by atoms with Crippen LogP contribution in [0.3, 0.4) is 0 Å². The Bertz CT molecular complexity index is 753. The van der Waals surface area contributed by atoms with Crippen LogP contribution >= 0.6 is 0 Å². The minimum absolute atomic E-state index is 0.0379. The number of piperidine rings is 1. The minimum Gasteiger partial charge on any atom is -0.459 e. The first-order chi connectivity index (χ1) is 14.2. The Hall–Kier alpha value is -2.15. The molecule has 156 valence electrons. The number of hydrogen-bond donors (Lipinski definition) is 0. The molecule has 0 saturated carbocycles. The Morgan fingerprint density at radius 3 is 2.69 bits per heavy atom. The molecule has 1 aromatic heterocycles. The maximum Gasteiger partial charge on any atom is 0.289 e. The number of rotatable bonds is 7. The van der Waals surface area contributed by atoms with Crippen molar-refractivity contribution in [2.24, 2.45) is 0 Å². The Morgan fingerprint density at radius 1 is 1.10 bits per heavy atom. The van der Waals surface area contributed by atoms with Crippen molar-refractivity contribution in [2.45, 2.75) is 44.0 Å². The lowest BCUT2D eigenvalue weighted by Gasteiger charge is -2.45. The molecule has 2 fully saturated rings. The molecule has 0 aliphatic carbocycles. The Balaban J connectivity index is 1.18. The van der Waals surface area contributed by atoms with Gasteiger partial charge in [0.25, 0.3) is 5.91 Å². The van der Waals surface area contributed by atoms with Crippen molar-refractivity contribution in [2.75, 3.05) is 32.9 Å². The fourth-order valence-electron chi connectivity index (χ4n) is 4.18. The molecule has 1 unspecified atom stereocenters. The molecule has 0 bridgehead atoms. The van der Waals surface area contributed by atoms with E-state index in [1.165, 1.54) is 11.8 Å². The lowest BCUT2D eigenvalue weighted by molar-refractivity contribution is -0.155. The highest BCUT2D eigenvalue weighted by molar-refractivity contribution is 5.91. The third kappa shape index (κ3) is 5.26. The van der Waals surface area contributed by atoms with E-state index in [2.05, 4.69) is 12.1 Å². The van der Waals surface area contributed by atoms with Crippen LogP contribution < -0.4 is 0 Å². The number of ether oxygens (including phenoxy) is 3. The van der Waals surface area contributed by atoms with Gasteiger partial charge in [0.05, 0.1) is 37.8 Å². The van der Waals surface area contributed by atoms with Gasteiger partial charge in [-0.3, -0.25) is 4.79 Å². The predicted molar refractivity (Wildman–Crippen MR) is 108 cm³/mol. The molecular weight excluding hydrogens is 370 g/mol. The average Bonchev–Trinajstić information content (AvgIpc) is 3.30. The second-order valence-electron chi connectivity index (χ2n) is 7.82. The van der Waals surface area contributed by atoms with Crippen LogP contribution in [-0.2, 0) is 20.8 Å². The van der Waals surface area contributed by atoms with Crippen molar-refractivity contribution in [1.82, 2.24) is 4.90 Å². The summed E-state index contributed by atoms with van der Waals surface area (Å²) in [7, 11) is 0. The van der Waals surface area contributed by atoms with Crippen LogP contribution in [0, 0.1) is 0 Å². The van der Waals surface area contributed by atoms with E-state index in [0.29, 0.717) is 45.3 Å². The Kier molecular flexibility index (Phi) is 6.64. The van der Waals surface area contributed by atoms with Gasteiger partial charge in [0.1, 0.15) is 0 Å². The second kappa shape index (κ2) is 9.57. The van der Waals surface area contributed by atoms with Crippen molar-refractivity contribution in [3.8, 4) is 0 Å². The summed E-state index contributed by atoms with van der Waals surface area (Å²) in [6.45, 7) is 3.88. The van der Waals surface area contributed by atoms with E-state index in [1.807, 2.05) is 23.1 Å².